The molecule has 1 aromatic carbocycles. The number of hydrogen-bond donors (Lipinski definition) is 1. The first-order chi connectivity index (χ1) is 8.17. The zero-order valence-corrected chi connectivity index (χ0v) is 10.4. The predicted octanol–water partition coefficient (Wildman–Crippen LogP) is 1.01. The summed E-state index contributed by atoms with van der Waals surface area (Å²) in [4.78, 5) is 13.6. The van der Waals surface area contributed by atoms with Gasteiger partial charge in [-0.15, -0.1) is 0 Å². The first-order valence-electron chi connectivity index (χ1n) is 5.68. The fourth-order valence-electron chi connectivity index (χ4n) is 1.56. The van der Waals surface area contributed by atoms with Crippen LogP contribution in [-0.4, -0.2) is 37.6 Å². The summed E-state index contributed by atoms with van der Waals surface area (Å²) in [6.07, 6.45) is 0.136. The molecular formula is C13H20N2O2. The third-order valence-corrected chi connectivity index (χ3v) is 2.69. The van der Waals surface area contributed by atoms with Crippen molar-refractivity contribution in [3.63, 3.8) is 0 Å². The van der Waals surface area contributed by atoms with Crippen LogP contribution in [0.4, 0.5) is 0 Å². The minimum Gasteiger partial charge on any atom is -0.380 e. The lowest BCUT2D eigenvalue weighted by Crippen LogP contribution is -2.33. The van der Waals surface area contributed by atoms with E-state index < -0.39 is 0 Å². The Balaban J connectivity index is 2.47. The van der Waals surface area contributed by atoms with Crippen molar-refractivity contribution in [1.29, 1.82) is 0 Å². The van der Waals surface area contributed by atoms with Crippen molar-refractivity contribution in [1.82, 2.24) is 4.90 Å². The summed E-state index contributed by atoms with van der Waals surface area (Å²) >= 11 is 0. The first-order valence-corrected chi connectivity index (χ1v) is 5.68. The molecule has 0 aromatic heterocycles. The van der Waals surface area contributed by atoms with Gasteiger partial charge in [0.2, 0.25) is 5.91 Å². The molecule has 0 heterocycles. The number of nitrogens with zero attached hydrogens (tertiary/aromatic N) is 1. The summed E-state index contributed by atoms with van der Waals surface area (Å²) < 4.78 is 5.10. The van der Waals surface area contributed by atoms with Crippen molar-refractivity contribution in [2.45, 2.75) is 19.1 Å². The van der Waals surface area contributed by atoms with Gasteiger partial charge in [0.05, 0.1) is 12.5 Å². The van der Waals surface area contributed by atoms with Gasteiger partial charge in [-0.05, 0) is 5.56 Å². The molecule has 1 rings (SSSR count). The number of benzene rings is 1. The van der Waals surface area contributed by atoms with Crippen LogP contribution in [0.25, 0.3) is 0 Å². The monoisotopic (exact) mass is 236 g/mol. The van der Waals surface area contributed by atoms with Crippen molar-refractivity contribution >= 4 is 5.91 Å². The molecule has 94 valence electrons. The Kier molecular flexibility index (Phi) is 5.66. The maximum absolute atomic E-state index is 11.9. The largest absolute Gasteiger partial charge is 0.380 e. The Morgan fingerprint density at radius 3 is 2.59 bits per heavy atom. The van der Waals surface area contributed by atoms with E-state index >= 15 is 0 Å². The molecule has 0 aliphatic rings. The van der Waals surface area contributed by atoms with Crippen molar-refractivity contribution in [3.05, 3.63) is 35.9 Å². The molecule has 4 nitrogen and oxygen atoms in total. The normalized spacial score (nSPS) is 12.2. The average molecular weight is 236 g/mol. The highest BCUT2D eigenvalue weighted by Crippen LogP contribution is 2.06. The zero-order valence-electron chi connectivity index (χ0n) is 10.4. The molecule has 0 bridgehead atoms. The topological polar surface area (TPSA) is 55.6 Å². The van der Waals surface area contributed by atoms with Crippen LogP contribution < -0.4 is 5.73 Å². The quantitative estimate of drug-likeness (QED) is 0.802. The van der Waals surface area contributed by atoms with Gasteiger partial charge in [-0.1, -0.05) is 30.3 Å². The van der Waals surface area contributed by atoms with E-state index in [0.29, 0.717) is 19.5 Å². The van der Waals surface area contributed by atoms with E-state index in [1.165, 1.54) is 0 Å². The van der Waals surface area contributed by atoms with E-state index in [9.17, 15) is 4.79 Å². The Morgan fingerprint density at radius 2 is 2.06 bits per heavy atom. The van der Waals surface area contributed by atoms with E-state index in [1.807, 2.05) is 30.3 Å². The summed E-state index contributed by atoms with van der Waals surface area (Å²) in [7, 11) is 3.36. The fraction of sp³-hybridized carbons (Fsp3) is 0.462. The first kappa shape index (κ1) is 13.7. The fourth-order valence-corrected chi connectivity index (χ4v) is 1.56. The van der Waals surface area contributed by atoms with Gasteiger partial charge in [0.15, 0.2) is 0 Å². The molecule has 0 spiro atoms. The molecule has 0 fully saturated rings. The van der Waals surface area contributed by atoms with Gasteiger partial charge in [-0.2, -0.15) is 0 Å². The highest BCUT2D eigenvalue weighted by Gasteiger charge is 2.15. The van der Waals surface area contributed by atoms with Crippen molar-refractivity contribution in [3.8, 4) is 0 Å². The van der Waals surface area contributed by atoms with Crippen molar-refractivity contribution < 1.29 is 9.53 Å². The Hall–Kier alpha value is -1.39. The molecule has 0 aliphatic heterocycles. The van der Waals surface area contributed by atoms with Crippen molar-refractivity contribution in [2.75, 3.05) is 20.7 Å². The lowest BCUT2D eigenvalue weighted by molar-refractivity contribution is -0.132. The molecule has 0 radical (unpaired) electrons. The lowest BCUT2D eigenvalue weighted by atomic mass is 10.2. The maximum Gasteiger partial charge on any atom is 0.225 e. The lowest BCUT2D eigenvalue weighted by Gasteiger charge is -2.20. The van der Waals surface area contributed by atoms with Crippen LogP contribution in [0.2, 0.25) is 0 Å². The number of nitrogens with two attached hydrogens (primary N) is 1. The number of rotatable bonds is 6. The molecule has 1 unspecified atom stereocenters. The highest BCUT2D eigenvalue weighted by molar-refractivity contribution is 5.76. The van der Waals surface area contributed by atoms with Crippen molar-refractivity contribution in [2.24, 2.45) is 5.73 Å². The van der Waals surface area contributed by atoms with Gasteiger partial charge in [0.25, 0.3) is 0 Å². The Labute approximate surface area is 102 Å². The van der Waals surface area contributed by atoms with Gasteiger partial charge < -0.3 is 15.4 Å². The number of methoxy groups -OCH3 is 1. The third kappa shape index (κ3) is 4.54. The SMILES string of the molecule is COC(CN)CC(=O)N(C)Cc1ccccc1. The second kappa shape index (κ2) is 7.04. The minimum absolute atomic E-state index is 0.0474. The minimum atomic E-state index is -0.194. The van der Waals surface area contributed by atoms with Crippen LogP contribution in [0, 0.1) is 0 Å². The highest BCUT2D eigenvalue weighted by atomic mass is 16.5. The Bertz CT molecular complexity index is 337. The van der Waals surface area contributed by atoms with Crippen LogP contribution >= 0.6 is 0 Å². The van der Waals surface area contributed by atoms with Crippen LogP contribution in [0.1, 0.15) is 12.0 Å². The van der Waals surface area contributed by atoms with E-state index in [-0.39, 0.29) is 12.0 Å². The summed E-state index contributed by atoms with van der Waals surface area (Å²) in [5.74, 6) is 0.0474. The summed E-state index contributed by atoms with van der Waals surface area (Å²) in [5, 5.41) is 0. The summed E-state index contributed by atoms with van der Waals surface area (Å²) in [5.41, 5.74) is 6.60. The molecule has 0 saturated heterocycles. The molecule has 0 saturated carbocycles. The molecule has 0 aliphatic carbocycles. The summed E-state index contributed by atoms with van der Waals surface area (Å²) in [6.45, 7) is 0.974. The van der Waals surface area contributed by atoms with Gasteiger partial charge in [0.1, 0.15) is 0 Å². The van der Waals surface area contributed by atoms with E-state index in [4.69, 9.17) is 10.5 Å². The molecular weight excluding hydrogens is 216 g/mol. The molecule has 1 aromatic rings. The maximum atomic E-state index is 11.9. The summed E-state index contributed by atoms with van der Waals surface area (Å²) in [6, 6.07) is 9.89. The van der Waals surface area contributed by atoms with Crippen LogP contribution in [0.5, 0.6) is 0 Å². The second-order valence-corrected chi connectivity index (χ2v) is 4.03. The molecule has 4 heteroatoms. The van der Waals surface area contributed by atoms with Crippen LogP contribution in [-0.2, 0) is 16.1 Å². The van der Waals surface area contributed by atoms with Gasteiger partial charge in [-0.25, -0.2) is 0 Å². The third-order valence-electron chi connectivity index (χ3n) is 2.69. The Morgan fingerprint density at radius 1 is 1.41 bits per heavy atom. The zero-order chi connectivity index (χ0) is 12.7. The molecule has 17 heavy (non-hydrogen) atoms. The van der Waals surface area contributed by atoms with Crippen LogP contribution in [0.3, 0.4) is 0 Å². The average Bonchev–Trinajstić information content (AvgIpc) is 2.36. The number of carbonyl (C=O) groups is 1. The van der Waals surface area contributed by atoms with E-state index in [2.05, 4.69) is 0 Å². The number of ether oxygens (including phenoxy) is 1. The molecule has 1 amide bonds. The standard InChI is InChI=1S/C13H20N2O2/c1-15(10-11-6-4-3-5-7-11)13(16)8-12(9-14)17-2/h3-7,12H,8-10,14H2,1-2H3. The van der Waals surface area contributed by atoms with E-state index in [0.717, 1.165) is 5.56 Å². The van der Waals surface area contributed by atoms with Gasteiger partial charge in [-0.3, -0.25) is 4.79 Å². The predicted molar refractivity (Wildman–Crippen MR) is 67.4 cm³/mol. The smallest absolute Gasteiger partial charge is 0.225 e. The van der Waals surface area contributed by atoms with E-state index in [1.54, 1.807) is 19.1 Å². The molecule has 1 atom stereocenters. The van der Waals surface area contributed by atoms with Gasteiger partial charge in [0, 0.05) is 27.2 Å². The molecule has 2 N–H and O–H groups in total. The van der Waals surface area contributed by atoms with Crippen LogP contribution in [0.15, 0.2) is 30.3 Å². The number of amides is 1. The van der Waals surface area contributed by atoms with Gasteiger partial charge >= 0.3 is 0 Å². The number of carbonyl (C=O) groups excluding carboxylic acids is 1. The number of hydrogen-bond acceptors (Lipinski definition) is 3. The second-order valence-electron chi connectivity index (χ2n) is 4.03.